The first kappa shape index (κ1) is 15.6. The maximum absolute atomic E-state index is 13.5. The largest absolute Gasteiger partial charge is 0.480 e. The highest BCUT2D eigenvalue weighted by atomic mass is 79.9. The fourth-order valence-corrected chi connectivity index (χ4v) is 1.94. The Kier molecular flexibility index (Phi) is 5.41. The van der Waals surface area contributed by atoms with E-state index in [0.717, 1.165) is 12.1 Å². The highest BCUT2D eigenvalue weighted by Crippen LogP contribution is 2.19. The van der Waals surface area contributed by atoms with E-state index in [9.17, 15) is 18.4 Å². The molecule has 7 heteroatoms. The first-order valence-electron chi connectivity index (χ1n) is 5.55. The van der Waals surface area contributed by atoms with E-state index in [2.05, 4.69) is 21.2 Å². The summed E-state index contributed by atoms with van der Waals surface area (Å²) >= 11 is 2.89. The molecule has 0 heterocycles. The van der Waals surface area contributed by atoms with E-state index in [1.54, 1.807) is 6.92 Å². The summed E-state index contributed by atoms with van der Waals surface area (Å²) in [7, 11) is 0. The molecular weight excluding hydrogens is 324 g/mol. The third kappa shape index (κ3) is 3.99. The predicted molar refractivity (Wildman–Crippen MR) is 67.9 cm³/mol. The Labute approximate surface area is 116 Å². The van der Waals surface area contributed by atoms with Gasteiger partial charge in [0.1, 0.15) is 23.2 Å². The molecule has 1 rings (SSSR count). The molecule has 0 saturated carbocycles. The van der Waals surface area contributed by atoms with E-state index in [1.807, 2.05) is 0 Å². The zero-order chi connectivity index (χ0) is 14.6. The lowest BCUT2D eigenvalue weighted by Crippen LogP contribution is -2.41. The monoisotopic (exact) mass is 335 g/mol. The highest BCUT2D eigenvalue weighted by molar-refractivity contribution is 9.10. The van der Waals surface area contributed by atoms with Gasteiger partial charge >= 0.3 is 5.97 Å². The summed E-state index contributed by atoms with van der Waals surface area (Å²) in [6.07, 6.45) is 0.698. The zero-order valence-corrected chi connectivity index (χ0v) is 11.6. The van der Waals surface area contributed by atoms with Gasteiger partial charge in [0.2, 0.25) is 0 Å². The Morgan fingerprint density at radius 2 is 1.89 bits per heavy atom. The lowest BCUT2D eigenvalue weighted by Gasteiger charge is -2.14. The Bertz CT molecular complexity index is 485. The van der Waals surface area contributed by atoms with Crippen molar-refractivity contribution < 1.29 is 23.5 Å². The molecule has 19 heavy (non-hydrogen) atoms. The van der Waals surface area contributed by atoms with Crippen molar-refractivity contribution in [2.75, 3.05) is 0 Å². The molecule has 1 aromatic carbocycles. The number of carboxylic acids is 1. The Morgan fingerprint density at radius 3 is 2.32 bits per heavy atom. The van der Waals surface area contributed by atoms with Crippen LogP contribution in [0, 0.1) is 11.6 Å². The second kappa shape index (κ2) is 6.60. The SMILES string of the molecule is CCC[C@@H](NC(=O)c1c(F)cc(Br)cc1F)C(=O)O. The van der Waals surface area contributed by atoms with E-state index < -0.39 is 35.1 Å². The molecular formula is C12H12BrF2NO3. The van der Waals surface area contributed by atoms with Crippen molar-refractivity contribution in [1.82, 2.24) is 5.32 Å². The molecule has 0 unspecified atom stereocenters. The average Bonchev–Trinajstić information content (AvgIpc) is 2.26. The number of halogens is 3. The van der Waals surface area contributed by atoms with Gasteiger partial charge in [0, 0.05) is 4.47 Å². The lowest BCUT2D eigenvalue weighted by molar-refractivity contribution is -0.139. The number of aliphatic carboxylic acids is 1. The average molecular weight is 336 g/mol. The summed E-state index contributed by atoms with van der Waals surface area (Å²) in [5.74, 6) is -4.42. The minimum Gasteiger partial charge on any atom is -0.480 e. The topological polar surface area (TPSA) is 66.4 Å². The van der Waals surface area contributed by atoms with E-state index in [-0.39, 0.29) is 10.9 Å². The number of carbonyl (C=O) groups is 2. The summed E-state index contributed by atoms with van der Waals surface area (Å²) in [4.78, 5) is 22.6. The lowest BCUT2D eigenvalue weighted by atomic mass is 10.1. The molecule has 4 nitrogen and oxygen atoms in total. The van der Waals surface area contributed by atoms with Gasteiger partial charge < -0.3 is 10.4 Å². The molecule has 0 radical (unpaired) electrons. The van der Waals surface area contributed by atoms with Gasteiger partial charge in [0.25, 0.3) is 5.91 Å². The van der Waals surface area contributed by atoms with E-state index in [0.29, 0.717) is 6.42 Å². The summed E-state index contributed by atoms with van der Waals surface area (Å²) in [5, 5.41) is 11.0. The number of nitrogens with one attached hydrogen (secondary N) is 1. The van der Waals surface area contributed by atoms with Gasteiger partial charge in [-0.25, -0.2) is 13.6 Å². The second-order valence-electron chi connectivity index (χ2n) is 3.90. The van der Waals surface area contributed by atoms with Crippen LogP contribution in [0.15, 0.2) is 16.6 Å². The highest BCUT2D eigenvalue weighted by Gasteiger charge is 2.24. The Balaban J connectivity index is 2.98. The van der Waals surface area contributed by atoms with Crippen LogP contribution in [0.2, 0.25) is 0 Å². The van der Waals surface area contributed by atoms with Crippen LogP contribution in [0.5, 0.6) is 0 Å². The maximum atomic E-state index is 13.5. The molecule has 1 aromatic rings. The molecule has 0 aromatic heterocycles. The molecule has 0 fully saturated rings. The minimum atomic E-state index is -1.24. The first-order chi connectivity index (χ1) is 8.86. The summed E-state index contributed by atoms with van der Waals surface area (Å²) < 4.78 is 27.2. The van der Waals surface area contributed by atoms with Crippen LogP contribution in [0.25, 0.3) is 0 Å². The van der Waals surface area contributed by atoms with Crippen LogP contribution in [-0.2, 0) is 4.79 Å². The van der Waals surface area contributed by atoms with E-state index >= 15 is 0 Å². The number of carboxylic acid groups (broad SMARTS) is 1. The normalized spacial score (nSPS) is 12.0. The molecule has 104 valence electrons. The van der Waals surface area contributed by atoms with E-state index in [4.69, 9.17) is 5.11 Å². The quantitative estimate of drug-likeness (QED) is 0.869. The third-order valence-electron chi connectivity index (χ3n) is 2.41. The fraction of sp³-hybridized carbons (Fsp3) is 0.333. The van der Waals surface area contributed by atoms with Crippen LogP contribution in [0.4, 0.5) is 8.78 Å². The Morgan fingerprint density at radius 1 is 1.37 bits per heavy atom. The van der Waals surface area contributed by atoms with Crippen LogP contribution in [0.1, 0.15) is 30.1 Å². The maximum Gasteiger partial charge on any atom is 0.326 e. The van der Waals surface area contributed by atoms with Crippen LogP contribution in [-0.4, -0.2) is 23.0 Å². The molecule has 0 aliphatic heterocycles. The van der Waals surface area contributed by atoms with Gasteiger partial charge in [-0.15, -0.1) is 0 Å². The van der Waals surface area contributed by atoms with Gasteiger partial charge in [0.05, 0.1) is 0 Å². The van der Waals surface area contributed by atoms with Crippen LogP contribution in [0.3, 0.4) is 0 Å². The van der Waals surface area contributed by atoms with Gasteiger partial charge in [-0.2, -0.15) is 0 Å². The first-order valence-corrected chi connectivity index (χ1v) is 6.34. The third-order valence-corrected chi connectivity index (χ3v) is 2.87. The van der Waals surface area contributed by atoms with Crippen LogP contribution < -0.4 is 5.32 Å². The molecule has 2 N–H and O–H groups in total. The molecule has 0 aliphatic carbocycles. The summed E-state index contributed by atoms with van der Waals surface area (Å²) in [6.45, 7) is 1.74. The zero-order valence-electron chi connectivity index (χ0n) is 10.0. The van der Waals surface area contributed by atoms with Crippen molar-refractivity contribution in [3.8, 4) is 0 Å². The van der Waals surface area contributed by atoms with Crippen LogP contribution >= 0.6 is 15.9 Å². The molecule has 0 spiro atoms. The van der Waals surface area contributed by atoms with Crippen molar-refractivity contribution in [3.05, 3.63) is 33.8 Å². The van der Waals surface area contributed by atoms with Crippen molar-refractivity contribution in [1.29, 1.82) is 0 Å². The Hall–Kier alpha value is -1.50. The minimum absolute atomic E-state index is 0.155. The van der Waals surface area contributed by atoms with Crippen molar-refractivity contribution in [3.63, 3.8) is 0 Å². The van der Waals surface area contributed by atoms with Gasteiger partial charge in [-0.3, -0.25) is 4.79 Å². The number of hydrogen-bond donors (Lipinski definition) is 2. The number of benzene rings is 1. The van der Waals surface area contributed by atoms with Crippen molar-refractivity contribution in [2.24, 2.45) is 0 Å². The van der Waals surface area contributed by atoms with Crippen molar-refractivity contribution >= 4 is 27.8 Å². The van der Waals surface area contributed by atoms with E-state index in [1.165, 1.54) is 0 Å². The molecule has 1 atom stereocenters. The smallest absolute Gasteiger partial charge is 0.326 e. The molecule has 0 bridgehead atoms. The second-order valence-corrected chi connectivity index (χ2v) is 4.81. The number of hydrogen-bond acceptors (Lipinski definition) is 2. The predicted octanol–water partition coefficient (Wildman–Crippen LogP) is 2.71. The van der Waals surface area contributed by atoms with Gasteiger partial charge in [0.15, 0.2) is 0 Å². The number of amides is 1. The van der Waals surface area contributed by atoms with Crippen molar-refractivity contribution in [2.45, 2.75) is 25.8 Å². The molecule has 0 saturated heterocycles. The summed E-state index contributed by atoms with van der Waals surface area (Å²) in [5.41, 5.74) is -0.787. The molecule has 0 aliphatic rings. The number of carbonyl (C=O) groups excluding carboxylic acids is 1. The molecule has 1 amide bonds. The summed E-state index contributed by atoms with van der Waals surface area (Å²) in [6, 6.07) is 0.709. The number of rotatable bonds is 5. The standard InChI is InChI=1S/C12H12BrF2NO3/c1-2-3-9(12(18)19)16-11(17)10-7(14)4-6(13)5-8(10)15/h4-5,9H,2-3H2,1H3,(H,16,17)(H,18,19)/t9-/m1/s1. The fourth-order valence-electron chi connectivity index (χ4n) is 1.54. The van der Waals surface area contributed by atoms with Gasteiger partial charge in [-0.05, 0) is 18.6 Å². The van der Waals surface area contributed by atoms with Gasteiger partial charge in [-0.1, -0.05) is 29.3 Å².